The van der Waals surface area contributed by atoms with Crippen molar-refractivity contribution in [3.05, 3.63) is 54.2 Å². The first-order valence-electron chi connectivity index (χ1n) is 6.71. The maximum absolute atomic E-state index is 12.3. The molecule has 0 N–H and O–H groups in total. The van der Waals surface area contributed by atoms with Crippen LogP contribution in [0.2, 0.25) is 0 Å². The molecule has 0 bridgehead atoms. The van der Waals surface area contributed by atoms with E-state index >= 15 is 0 Å². The second kappa shape index (κ2) is 5.46. The van der Waals surface area contributed by atoms with Crippen LogP contribution in [0.15, 0.2) is 53.4 Å². The summed E-state index contributed by atoms with van der Waals surface area (Å²) in [6.07, 6.45) is -0.141. The highest BCUT2D eigenvalue weighted by molar-refractivity contribution is 7.89. The molecular formula is C15H16N2O3S. The van der Waals surface area contributed by atoms with Crippen LogP contribution in [0, 0.1) is 6.92 Å². The van der Waals surface area contributed by atoms with E-state index in [1.165, 1.54) is 4.31 Å². The molecule has 2 heterocycles. The molecule has 1 saturated heterocycles. The standard InChI is InChI=1S/C15H16N2O3S/c1-12-6-5-9-15(16-12)20-13-10-17(11-13)21(18,19)14-7-3-2-4-8-14/h2-9,13H,10-11H2,1H3. The molecule has 0 atom stereocenters. The van der Waals surface area contributed by atoms with Crippen LogP contribution in [0.5, 0.6) is 5.88 Å². The molecule has 21 heavy (non-hydrogen) atoms. The summed E-state index contributed by atoms with van der Waals surface area (Å²) in [5.74, 6) is 0.539. The van der Waals surface area contributed by atoms with Gasteiger partial charge in [0.25, 0.3) is 0 Å². The van der Waals surface area contributed by atoms with Crippen molar-refractivity contribution in [3.63, 3.8) is 0 Å². The van der Waals surface area contributed by atoms with Crippen LogP contribution < -0.4 is 4.74 Å². The number of rotatable bonds is 4. The monoisotopic (exact) mass is 304 g/mol. The predicted octanol–water partition coefficient (Wildman–Crippen LogP) is 1.84. The van der Waals surface area contributed by atoms with E-state index in [4.69, 9.17) is 4.74 Å². The minimum absolute atomic E-state index is 0.141. The minimum atomic E-state index is -3.40. The normalized spacial score (nSPS) is 16.4. The van der Waals surface area contributed by atoms with Gasteiger partial charge in [-0.15, -0.1) is 0 Å². The Balaban J connectivity index is 1.63. The van der Waals surface area contributed by atoms with Crippen molar-refractivity contribution in [1.29, 1.82) is 0 Å². The number of hydrogen-bond acceptors (Lipinski definition) is 4. The van der Waals surface area contributed by atoms with Crippen LogP contribution in [-0.4, -0.2) is 36.9 Å². The Morgan fingerprint density at radius 3 is 2.48 bits per heavy atom. The summed E-state index contributed by atoms with van der Waals surface area (Å²) in [7, 11) is -3.40. The SMILES string of the molecule is Cc1cccc(OC2CN(S(=O)(=O)c3ccccc3)C2)n1. The fraction of sp³-hybridized carbons (Fsp3) is 0.267. The first-order chi connectivity index (χ1) is 10.1. The van der Waals surface area contributed by atoms with Gasteiger partial charge >= 0.3 is 0 Å². The molecule has 6 heteroatoms. The van der Waals surface area contributed by atoms with Gasteiger partial charge in [0.1, 0.15) is 6.10 Å². The lowest BCUT2D eigenvalue weighted by Crippen LogP contribution is -2.56. The molecule has 2 aromatic rings. The van der Waals surface area contributed by atoms with Crippen molar-refractivity contribution in [3.8, 4) is 5.88 Å². The second-order valence-corrected chi connectivity index (χ2v) is 6.93. The molecule has 110 valence electrons. The van der Waals surface area contributed by atoms with Crippen molar-refractivity contribution in [1.82, 2.24) is 9.29 Å². The van der Waals surface area contributed by atoms with Gasteiger partial charge in [-0.1, -0.05) is 24.3 Å². The van der Waals surface area contributed by atoms with Gasteiger partial charge in [0.2, 0.25) is 15.9 Å². The summed E-state index contributed by atoms with van der Waals surface area (Å²) in [4.78, 5) is 4.57. The molecule has 5 nitrogen and oxygen atoms in total. The van der Waals surface area contributed by atoms with Gasteiger partial charge in [-0.25, -0.2) is 13.4 Å². The summed E-state index contributed by atoms with van der Waals surface area (Å²) < 4.78 is 31.7. The van der Waals surface area contributed by atoms with E-state index in [1.54, 1.807) is 36.4 Å². The van der Waals surface area contributed by atoms with Gasteiger partial charge in [0, 0.05) is 11.8 Å². The zero-order valence-corrected chi connectivity index (χ0v) is 12.5. The van der Waals surface area contributed by atoms with E-state index in [0.717, 1.165) is 5.69 Å². The van der Waals surface area contributed by atoms with Crippen molar-refractivity contribution in [2.24, 2.45) is 0 Å². The van der Waals surface area contributed by atoms with Gasteiger partial charge in [-0.2, -0.15) is 4.31 Å². The third kappa shape index (κ3) is 2.91. The maximum Gasteiger partial charge on any atom is 0.243 e. The van der Waals surface area contributed by atoms with Gasteiger partial charge in [-0.05, 0) is 25.1 Å². The van der Waals surface area contributed by atoms with E-state index in [-0.39, 0.29) is 6.10 Å². The Kier molecular flexibility index (Phi) is 3.65. The molecule has 0 unspecified atom stereocenters. The number of aryl methyl sites for hydroxylation is 1. The summed E-state index contributed by atoms with van der Waals surface area (Å²) in [6, 6.07) is 14.0. The molecule has 1 fully saturated rings. The van der Waals surface area contributed by atoms with Gasteiger partial charge < -0.3 is 4.74 Å². The van der Waals surface area contributed by atoms with E-state index in [1.807, 2.05) is 19.1 Å². The number of nitrogens with zero attached hydrogens (tertiary/aromatic N) is 2. The number of hydrogen-bond donors (Lipinski definition) is 0. The Bertz CT molecular complexity index is 726. The first kappa shape index (κ1) is 14.0. The Labute approximate surface area is 124 Å². The molecule has 0 amide bonds. The quantitative estimate of drug-likeness (QED) is 0.865. The molecule has 0 spiro atoms. The Morgan fingerprint density at radius 1 is 1.10 bits per heavy atom. The van der Waals surface area contributed by atoms with Crippen molar-refractivity contribution < 1.29 is 13.2 Å². The van der Waals surface area contributed by atoms with Gasteiger partial charge in [-0.3, -0.25) is 0 Å². The molecule has 1 aromatic heterocycles. The first-order valence-corrected chi connectivity index (χ1v) is 8.15. The highest BCUT2D eigenvalue weighted by Crippen LogP contribution is 2.23. The molecule has 1 aliphatic rings. The van der Waals surface area contributed by atoms with Crippen molar-refractivity contribution in [2.75, 3.05) is 13.1 Å². The molecular weight excluding hydrogens is 288 g/mol. The topological polar surface area (TPSA) is 59.5 Å². The molecule has 0 saturated carbocycles. The molecule has 3 rings (SSSR count). The minimum Gasteiger partial charge on any atom is -0.472 e. The van der Waals surface area contributed by atoms with Crippen LogP contribution in [0.3, 0.4) is 0 Å². The highest BCUT2D eigenvalue weighted by Gasteiger charge is 2.38. The lowest BCUT2D eigenvalue weighted by Gasteiger charge is -2.37. The average Bonchev–Trinajstić information content (AvgIpc) is 2.43. The third-order valence-electron chi connectivity index (χ3n) is 3.35. The largest absolute Gasteiger partial charge is 0.472 e. The average molecular weight is 304 g/mol. The van der Waals surface area contributed by atoms with Gasteiger partial charge in [0.05, 0.1) is 18.0 Å². The lowest BCUT2D eigenvalue weighted by molar-refractivity contribution is 0.0719. The number of benzene rings is 1. The molecule has 0 aliphatic carbocycles. The van der Waals surface area contributed by atoms with E-state index in [2.05, 4.69) is 4.98 Å². The third-order valence-corrected chi connectivity index (χ3v) is 5.19. The predicted molar refractivity (Wildman–Crippen MR) is 78.6 cm³/mol. The lowest BCUT2D eigenvalue weighted by atomic mass is 10.2. The zero-order chi connectivity index (χ0) is 14.9. The van der Waals surface area contributed by atoms with Crippen molar-refractivity contribution in [2.45, 2.75) is 17.9 Å². The molecule has 1 aromatic carbocycles. The fourth-order valence-electron chi connectivity index (χ4n) is 2.17. The Morgan fingerprint density at radius 2 is 1.81 bits per heavy atom. The number of sulfonamides is 1. The molecule has 1 aliphatic heterocycles. The summed E-state index contributed by atoms with van der Waals surface area (Å²) in [5, 5.41) is 0. The Hall–Kier alpha value is -1.92. The van der Waals surface area contributed by atoms with Crippen LogP contribution in [-0.2, 0) is 10.0 Å². The summed E-state index contributed by atoms with van der Waals surface area (Å²) in [5.41, 5.74) is 0.876. The number of pyridine rings is 1. The van der Waals surface area contributed by atoms with E-state index in [9.17, 15) is 8.42 Å². The van der Waals surface area contributed by atoms with E-state index < -0.39 is 10.0 Å². The maximum atomic E-state index is 12.3. The number of aromatic nitrogens is 1. The van der Waals surface area contributed by atoms with Crippen LogP contribution in [0.1, 0.15) is 5.69 Å². The van der Waals surface area contributed by atoms with Crippen LogP contribution in [0.4, 0.5) is 0 Å². The second-order valence-electron chi connectivity index (χ2n) is 4.99. The van der Waals surface area contributed by atoms with Gasteiger partial charge in [0.15, 0.2) is 0 Å². The fourth-order valence-corrected chi connectivity index (χ4v) is 3.69. The number of ether oxygens (including phenoxy) is 1. The van der Waals surface area contributed by atoms with Crippen LogP contribution in [0.25, 0.3) is 0 Å². The highest BCUT2D eigenvalue weighted by atomic mass is 32.2. The zero-order valence-electron chi connectivity index (χ0n) is 11.6. The summed E-state index contributed by atoms with van der Waals surface area (Å²) in [6.45, 7) is 2.60. The summed E-state index contributed by atoms with van der Waals surface area (Å²) >= 11 is 0. The smallest absolute Gasteiger partial charge is 0.243 e. The van der Waals surface area contributed by atoms with Crippen LogP contribution >= 0.6 is 0 Å². The molecule has 0 radical (unpaired) electrons. The van der Waals surface area contributed by atoms with Crippen molar-refractivity contribution >= 4 is 10.0 Å². The van der Waals surface area contributed by atoms with E-state index in [0.29, 0.717) is 23.9 Å².